The molecular weight excluding hydrogens is 306 g/mol. The van der Waals surface area contributed by atoms with E-state index in [1.54, 1.807) is 17.9 Å². The maximum Gasteiger partial charge on any atom is 0.332 e. The van der Waals surface area contributed by atoms with E-state index in [0.29, 0.717) is 22.8 Å². The molecule has 0 radical (unpaired) electrons. The van der Waals surface area contributed by atoms with Crippen LogP contribution in [0, 0.1) is 0 Å². The summed E-state index contributed by atoms with van der Waals surface area (Å²) >= 11 is 1.36. The van der Waals surface area contributed by atoms with Gasteiger partial charge in [0.05, 0.1) is 6.33 Å². The van der Waals surface area contributed by atoms with E-state index in [1.807, 2.05) is 0 Å². The van der Waals surface area contributed by atoms with Crippen LogP contribution in [0.3, 0.4) is 0 Å². The van der Waals surface area contributed by atoms with Crippen molar-refractivity contribution in [2.24, 2.45) is 14.1 Å². The third-order valence-electron chi connectivity index (χ3n) is 3.49. The molecule has 0 aliphatic heterocycles. The average molecular weight is 321 g/mol. The van der Waals surface area contributed by atoms with Crippen molar-refractivity contribution in [2.75, 3.05) is 5.73 Å². The van der Waals surface area contributed by atoms with Gasteiger partial charge >= 0.3 is 5.69 Å². The molecule has 0 aliphatic rings. The largest absolute Gasteiger partial charge is 0.374 e. The van der Waals surface area contributed by atoms with Crippen LogP contribution in [-0.2, 0) is 27.1 Å². The second kappa shape index (κ2) is 5.37. The van der Waals surface area contributed by atoms with Gasteiger partial charge in [-0.2, -0.15) is 0 Å². The fourth-order valence-electron chi connectivity index (χ4n) is 2.33. The average Bonchev–Trinajstić information content (AvgIpc) is 3.10. The first-order valence-electron chi connectivity index (χ1n) is 6.67. The third kappa shape index (κ3) is 2.30. The van der Waals surface area contributed by atoms with Crippen LogP contribution in [0.25, 0.3) is 11.2 Å². The molecular formula is C12H15N7O2S. The first-order valence-corrected chi connectivity index (χ1v) is 7.49. The summed E-state index contributed by atoms with van der Waals surface area (Å²) in [5, 5.41) is 9.04. The lowest BCUT2D eigenvalue weighted by Crippen LogP contribution is -2.37. The molecule has 0 fully saturated rings. The van der Waals surface area contributed by atoms with E-state index < -0.39 is 0 Å². The summed E-state index contributed by atoms with van der Waals surface area (Å²) < 4.78 is 4.23. The number of nitrogen functional groups attached to an aromatic ring is 1. The lowest BCUT2D eigenvalue weighted by molar-refractivity contribution is 0.644. The van der Waals surface area contributed by atoms with Crippen molar-refractivity contribution in [1.82, 2.24) is 28.9 Å². The van der Waals surface area contributed by atoms with Crippen molar-refractivity contribution >= 4 is 27.6 Å². The SMILES string of the molecule is Cn1c(=O)c2c(ncn2CCCc2nnc(N)s2)n(C)c1=O. The Morgan fingerprint density at radius 1 is 1.23 bits per heavy atom. The number of aromatic nitrogens is 6. The fraction of sp³-hybridized carbons (Fsp3) is 0.417. The van der Waals surface area contributed by atoms with Crippen LogP contribution in [0.1, 0.15) is 11.4 Å². The Morgan fingerprint density at radius 3 is 2.68 bits per heavy atom. The molecule has 0 saturated carbocycles. The molecule has 10 heteroatoms. The zero-order valence-electron chi connectivity index (χ0n) is 12.2. The van der Waals surface area contributed by atoms with Crippen LogP contribution < -0.4 is 17.0 Å². The van der Waals surface area contributed by atoms with Gasteiger partial charge in [0.15, 0.2) is 11.2 Å². The number of nitrogens with zero attached hydrogens (tertiary/aromatic N) is 6. The quantitative estimate of drug-likeness (QED) is 0.693. The van der Waals surface area contributed by atoms with Gasteiger partial charge in [0.25, 0.3) is 5.56 Å². The molecule has 0 amide bonds. The zero-order valence-corrected chi connectivity index (χ0v) is 13.0. The van der Waals surface area contributed by atoms with Crippen LogP contribution in [-0.4, -0.2) is 28.9 Å². The second-order valence-corrected chi connectivity index (χ2v) is 6.05. The van der Waals surface area contributed by atoms with Gasteiger partial charge in [-0.05, 0) is 6.42 Å². The van der Waals surface area contributed by atoms with E-state index >= 15 is 0 Å². The molecule has 0 aliphatic carbocycles. The second-order valence-electron chi connectivity index (χ2n) is 4.95. The minimum atomic E-state index is -0.382. The number of rotatable bonds is 4. The smallest absolute Gasteiger partial charge is 0.332 e. The standard InChI is InChI=1S/C12H15N7O2S/c1-17-9-8(10(20)18(2)12(17)21)19(6-14-9)5-3-4-7-15-16-11(13)22-7/h6H,3-5H2,1-2H3,(H2,13,16). The summed E-state index contributed by atoms with van der Waals surface area (Å²) in [6.07, 6.45) is 3.08. The van der Waals surface area contributed by atoms with Gasteiger partial charge < -0.3 is 10.3 Å². The van der Waals surface area contributed by atoms with E-state index in [2.05, 4.69) is 15.2 Å². The molecule has 0 saturated heterocycles. The molecule has 116 valence electrons. The minimum Gasteiger partial charge on any atom is -0.374 e. The molecule has 0 aromatic carbocycles. The predicted octanol–water partition coefficient (Wildman–Crippen LogP) is -0.500. The Bertz CT molecular complexity index is 949. The van der Waals surface area contributed by atoms with Gasteiger partial charge in [-0.3, -0.25) is 13.9 Å². The number of imidazole rings is 1. The number of fused-ring (bicyclic) bond motifs is 1. The molecule has 0 unspecified atom stereocenters. The van der Waals surface area contributed by atoms with Crippen molar-refractivity contribution in [3.63, 3.8) is 0 Å². The highest BCUT2D eigenvalue weighted by Gasteiger charge is 2.14. The van der Waals surface area contributed by atoms with Crippen LogP contribution >= 0.6 is 11.3 Å². The highest BCUT2D eigenvalue weighted by Crippen LogP contribution is 2.14. The first-order chi connectivity index (χ1) is 10.5. The van der Waals surface area contributed by atoms with E-state index in [-0.39, 0.29) is 11.2 Å². The summed E-state index contributed by atoms with van der Waals surface area (Å²) in [7, 11) is 3.07. The Hall–Kier alpha value is -2.49. The Morgan fingerprint density at radius 2 is 2.00 bits per heavy atom. The van der Waals surface area contributed by atoms with E-state index in [0.717, 1.165) is 22.4 Å². The van der Waals surface area contributed by atoms with Crippen LogP contribution in [0.5, 0.6) is 0 Å². The molecule has 9 nitrogen and oxygen atoms in total. The number of aryl methyl sites for hydroxylation is 3. The van der Waals surface area contributed by atoms with Crippen LogP contribution in [0.4, 0.5) is 5.13 Å². The molecule has 0 atom stereocenters. The van der Waals surface area contributed by atoms with E-state index in [9.17, 15) is 9.59 Å². The summed E-state index contributed by atoms with van der Waals surface area (Å²) in [5.74, 6) is 0. The minimum absolute atomic E-state index is 0.337. The highest BCUT2D eigenvalue weighted by molar-refractivity contribution is 7.15. The molecule has 3 heterocycles. The number of hydrogen-bond acceptors (Lipinski definition) is 7. The molecule has 3 aromatic heterocycles. The molecule has 0 bridgehead atoms. The zero-order chi connectivity index (χ0) is 15.9. The van der Waals surface area contributed by atoms with Crippen molar-refractivity contribution in [3.05, 3.63) is 32.2 Å². The Kier molecular flexibility index (Phi) is 3.53. The molecule has 22 heavy (non-hydrogen) atoms. The summed E-state index contributed by atoms with van der Waals surface area (Å²) in [4.78, 5) is 28.3. The molecule has 0 spiro atoms. The molecule has 2 N–H and O–H groups in total. The van der Waals surface area contributed by atoms with Crippen molar-refractivity contribution in [3.8, 4) is 0 Å². The van der Waals surface area contributed by atoms with Gasteiger partial charge in [0, 0.05) is 27.1 Å². The Labute approximate surface area is 128 Å². The van der Waals surface area contributed by atoms with E-state index in [1.165, 1.54) is 23.0 Å². The van der Waals surface area contributed by atoms with E-state index in [4.69, 9.17) is 5.73 Å². The van der Waals surface area contributed by atoms with Crippen LogP contribution in [0.2, 0.25) is 0 Å². The lowest BCUT2D eigenvalue weighted by Gasteiger charge is -2.06. The van der Waals surface area contributed by atoms with Crippen molar-refractivity contribution < 1.29 is 0 Å². The van der Waals surface area contributed by atoms with Gasteiger partial charge in [0.2, 0.25) is 5.13 Å². The van der Waals surface area contributed by atoms with Gasteiger partial charge in [-0.1, -0.05) is 11.3 Å². The number of hydrogen-bond donors (Lipinski definition) is 1. The Balaban J connectivity index is 1.89. The van der Waals surface area contributed by atoms with Crippen molar-refractivity contribution in [1.29, 1.82) is 0 Å². The van der Waals surface area contributed by atoms with Crippen molar-refractivity contribution in [2.45, 2.75) is 19.4 Å². The monoisotopic (exact) mass is 321 g/mol. The maximum absolute atomic E-state index is 12.3. The number of anilines is 1. The first kappa shape index (κ1) is 14.4. The third-order valence-corrected chi connectivity index (χ3v) is 4.30. The number of nitrogens with two attached hydrogens (primary N) is 1. The summed E-state index contributed by atoms with van der Waals surface area (Å²) in [6.45, 7) is 0.601. The van der Waals surface area contributed by atoms with Gasteiger partial charge in [0.1, 0.15) is 5.01 Å². The molecule has 3 aromatic rings. The topological polar surface area (TPSA) is 114 Å². The summed E-state index contributed by atoms with van der Waals surface area (Å²) in [5.41, 5.74) is 5.65. The van der Waals surface area contributed by atoms with Gasteiger partial charge in [-0.25, -0.2) is 9.78 Å². The van der Waals surface area contributed by atoms with Gasteiger partial charge in [-0.15, -0.1) is 10.2 Å². The normalized spacial score (nSPS) is 11.4. The predicted molar refractivity (Wildman–Crippen MR) is 82.9 cm³/mol. The molecule has 3 rings (SSSR count). The highest BCUT2D eigenvalue weighted by atomic mass is 32.1. The maximum atomic E-state index is 12.3. The summed E-state index contributed by atoms with van der Waals surface area (Å²) in [6, 6.07) is 0. The lowest BCUT2D eigenvalue weighted by atomic mass is 10.3. The van der Waals surface area contributed by atoms with Crippen LogP contribution in [0.15, 0.2) is 15.9 Å². The fourth-order valence-corrected chi connectivity index (χ4v) is 2.99.